The number of hydrogen-bond donors (Lipinski definition) is 0. The molecule has 3 aromatic carbocycles. The van der Waals surface area contributed by atoms with Crippen molar-refractivity contribution in [1.82, 2.24) is 14.5 Å². The van der Waals surface area contributed by atoms with Crippen LogP contribution >= 0.6 is 0 Å². The summed E-state index contributed by atoms with van der Waals surface area (Å²) in [4.78, 5) is 33.7. The Balaban J connectivity index is 1.76. The van der Waals surface area contributed by atoms with Crippen LogP contribution in [0.25, 0.3) is 17.0 Å². The first kappa shape index (κ1) is 24.1. The zero-order valence-electron chi connectivity index (χ0n) is 20.3. The van der Waals surface area contributed by atoms with Gasteiger partial charge in [-0.2, -0.15) is 0 Å². The van der Waals surface area contributed by atoms with E-state index in [9.17, 15) is 9.59 Å². The van der Waals surface area contributed by atoms with Gasteiger partial charge in [0.1, 0.15) is 5.82 Å². The van der Waals surface area contributed by atoms with E-state index in [1.807, 2.05) is 103 Å². The van der Waals surface area contributed by atoms with Crippen molar-refractivity contribution in [2.24, 2.45) is 0 Å². The van der Waals surface area contributed by atoms with Crippen LogP contribution in [-0.4, -0.2) is 26.9 Å². The fourth-order valence-electron chi connectivity index (χ4n) is 4.21. The second-order valence-corrected chi connectivity index (χ2v) is 8.67. The van der Waals surface area contributed by atoms with Gasteiger partial charge in [-0.05, 0) is 42.7 Å². The van der Waals surface area contributed by atoms with E-state index in [0.717, 1.165) is 24.0 Å². The highest BCUT2D eigenvalue weighted by Gasteiger charge is 2.25. The van der Waals surface area contributed by atoms with Crippen LogP contribution in [0.2, 0.25) is 0 Å². The van der Waals surface area contributed by atoms with Crippen molar-refractivity contribution in [3.63, 3.8) is 0 Å². The molecule has 0 radical (unpaired) electrons. The van der Waals surface area contributed by atoms with E-state index in [-0.39, 0.29) is 17.5 Å². The number of hydrogen-bond acceptors (Lipinski definition) is 3. The molecule has 5 heteroatoms. The standard InChI is InChI=1S/C30H31N3O2/c1-3-4-21-32(28(34)20-19-24-13-7-5-8-14-24)23(2)29-31-27-18-12-11-17-26(27)30(35)33(29)22-25-15-9-6-10-16-25/h5-20,23H,3-4,21-22H2,1-2H3/b20-19+. The number of benzene rings is 3. The summed E-state index contributed by atoms with van der Waals surface area (Å²) in [5.41, 5.74) is 2.53. The number of aromatic nitrogens is 2. The smallest absolute Gasteiger partial charge is 0.261 e. The fraction of sp³-hybridized carbons (Fsp3) is 0.233. The molecule has 0 aliphatic rings. The van der Waals surface area contributed by atoms with Crippen LogP contribution in [0.1, 0.15) is 49.7 Å². The predicted octanol–water partition coefficient (Wildman–Crippen LogP) is 5.85. The molecule has 5 nitrogen and oxygen atoms in total. The van der Waals surface area contributed by atoms with Crippen molar-refractivity contribution in [2.45, 2.75) is 39.3 Å². The lowest BCUT2D eigenvalue weighted by molar-refractivity contribution is -0.128. The molecule has 0 bridgehead atoms. The van der Waals surface area contributed by atoms with E-state index in [0.29, 0.717) is 29.8 Å². The van der Waals surface area contributed by atoms with Crippen molar-refractivity contribution in [3.8, 4) is 0 Å². The van der Waals surface area contributed by atoms with E-state index in [1.54, 1.807) is 10.6 Å². The quantitative estimate of drug-likeness (QED) is 0.292. The van der Waals surface area contributed by atoms with Crippen LogP contribution in [0.3, 0.4) is 0 Å². The van der Waals surface area contributed by atoms with Gasteiger partial charge >= 0.3 is 0 Å². The van der Waals surface area contributed by atoms with Crippen molar-refractivity contribution in [1.29, 1.82) is 0 Å². The van der Waals surface area contributed by atoms with Gasteiger partial charge in [0, 0.05) is 12.6 Å². The number of amides is 1. The molecule has 1 unspecified atom stereocenters. The fourth-order valence-corrected chi connectivity index (χ4v) is 4.21. The average Bonchev–Trinajstić information content (AvgIpc) is 2.90. The van der Waals surface area contributed by atoms with Gasteiger partial charge in [-0.3, -0.25) is 14.2 Å². The zero-order valence-corrected chi connectivity index (χ0v) is 20.3. The molecule has 1 amide bonds. The van der Waals surface area contributed by atoms with E-state index in [4.69, 9.17) is 4.98 Å². The minimum absolute atomic E-state index is 0.0935. The minimum Gasteiger partial charge on any atom is -0.329 e. The molecular formula is C30H31N3O2. The third kappa shape index (κ3) is 5.75. The first-order valence-corrected chi connectivity index (χ1v) is 12.2. The van der Waals surface area contributed by atoms with E-state index in [1.165, 1.54) is 0 Å². The number of fused-ring (bicyclic) bond motifs is 1. The third-order valence-electron chi connectivity index (χ3n) is 6.17. The Morgan fingerprint density at radius 1 is 0.971 bits per heavy atom. The van der Waals surface area contributed by atoms with Crippen molar-refractivity contribution >= 4 is 22.9 Å². The van der Waals surface area contributed by atoms with Gasteiger partial charge in [0.05, 0.1) is 23.5 Å². The molecular weight excluding hydrogens is 434 g/mol. The summed E-state index contributed by atoms with van der Waals surface area (Å²) in [6.07, 6.45) is 5.27. The Morgan fingerprint density at radius 2 is 1.63 bits per heavy atom. The van der Waals surface area contributed by atoms with Crippen LogP contribution in [0, 0.1) is 0 Å². The topological polar surface area (TPSA) is 55.2 Å². The molecule has 0 saturated carbocycles. The number of carbonyl (C=O) groups excluding carboxylic acids is 1. The summed E-state index contributed by atoms with van der Waals surface area (Å²) in [5, 5.41) is 0.579. The molecule has 0 N–H and O–H groups in total. The van der Waals surface area contributed by atoms with Crippen LogP contribution in [0.5, 0.6) is 0 Å². The number of para-hydroxylation sites is 1. The van der Waals surface area contributed by atoms with Crippen LogP contribution in [0.15, 0.2) is 95.8 Å². The first-order valence-electron chi connectivity index (χ1n) is 12.2. The molecule has 0 spiro atoms. The maximum absolute atomic E-state index is 13.6. The number of rotatable bonds is 9. The minimum atomic E-state index is -0.379. The zero-order chi connectivity index (χ0) is 24.6. The molecule has 35 heavy (non-hydrogen) atoms. The lowest BCUT2D eigenvalue weighted by atomic mass is 10.1. The average molecular weight is 466 g/mol. The van der Waals surface area contributed by atoms with E-state index >= 15 is 0 Å². The summed E-state index contributed by atoms with van der Waals surface area (Å²) < 4.78 is 1.72. The first-order chi connectivity index (χ1) is 17.1. The normalized spacial score (nSPS) is 12.2. The maximum Gasteiger partial charge on any atom is 0.261 e. The van der Waals surface area contributed by atoms with Crippen LogP contribution in [0.4, 0.5) is 0 Å². The second-order valence-electron chi connectivity index (χ2n) is 8.67. The van der Waals surface area contributed by atoms with E-state index < -0.39 is 0 Å². The van der Waals surface area contributed by atoms with Gasteiger partial charge in [0.2, 0.25) is 5.91 Å². The number of carbonyl (C=O) groups is 1. The third-order valence-corrected chi connectivity index (χ3v) is 6.17. The summed E-state index contributed by atoms with van der Waals surface area (Å²) in [5.74, 6) is 0.499. The van der Waals surface area contributed by atoms with Crippen LogP contribution < -0.4 is 5.56 Å². The summed E-state index contributed by atoms with van der Waals surface area (Å²) in [7, 11) is 0. The highest BCUT2D eigenvalue weighted by molar-refractivity contribution is 5.92. The summed E-state index contributed by atoms with van der Waals surface area (Å²) >= 11 is 0. The predicted molar refractivity (Wildman–Crippen MR) is 142 cm³/mol. The van der Waals surface area contributed by atoms with Gasteiger partial charge in [-0.25, -0.2) is 4.98 Å². The largest absolute Gasteiger partial charge is 0.329 e. The molecule has 0 aliphatic carbocycles. The van der Waals surface area contributed by atoms with Gasteiger partial charge in [-0.15, -0.1) is 0 Å². The molecule has 1 heterocycles. The van der Waals surface area contributed by atoms with Crippen molar-refractivity contribution < 1.29 is 4.79 Å². The Hall–Kier alpha value is -3.99. The molecule has 0 saturated heterocycles. The monoisotopic (exact) mass is 465 g/mol. The highest BCUT2D eigenvalue weighted by Crippen LogP contribution is 2.22. The molecule has 4 rings (SSSR count). The lowest BCUT2D eigenvalue weighted by Gasteiger charge is -2.30. The SMILES string of the molecule is CCCCN(C(=O)/C=C/c1ccccc1)C(C)c1nc2ccccc2c(=O)n1Cc1ccccc1. The van der Waals surface area contributed by atoms with Crippen molar-refractivity contribution in [3.05, 3.63) is 118 Å². The number of nitrogens with zero attached hydrogens (tertiary/aromatic N) is 3. The van der Waals surface area contributed by atoms with Gasteiger partial charge < -0.3 is 4.90 Å². The van der Waals surface area contributed by atoms with Crippen molar-refractivity contribution in [2.75, 3.05) is 6.54 Å². The molecule has 178 valence electrons. The summed E-state index contributed by atoms with van der Waals surface area (Å²) in [6.45, 7) is 5.05. The molecule has 0 fully saturated rings. The van der Waals surface area contributed by atoms with Crippen LogP contribution in [-0.2, 0) is 11.3 Å². The number of unbranched alkanes of at least 4 members (excludes halogenated alkanes) is 1. The van der Waals surface area contributed by atoms with Gasteiger partial charge in [-0.1, -0.05) is 86.1 Å². The molecule has 1 aromatic heterocycles. The lowest BCUT2D eigenvalue weighted by Crippen LogP contribution is -2.37. The Bertz CT molecular complexity index is 1360. The highest BCUT2D eigenvalue weighted by atomic mass is 16.2. The second kappa shape index (κ2) is 11.4. The Labute approximate surface area is 206 Å². The van der Waals surface area contributed by atoms with Gasteiger partial charge in [0.15, 0.2) is 0 Å². The molecule has 1 atom stereocenters. The van der Waals surface area contributed by atoms with Gasteiger partial charge in [0.25, 0.3) is 5.56 Å². The molecule has 4 aromatic rings. The maximum atomic E-state index is 13.6. The Morgan fingerprint density at radius 3 is 2.34 bits per heavy atom. The Kier molecular flexibility index (Phi) is 7.88. The molecule has 0 aliphatic heterocycles. The summed E-state index contributed by atoms with van der Waals surface area (Å²) in [6, 6.07) is 26.7. The van der Waals surface area contributed by atoms with E-state index in [2.05, 4.69) is 6.92 Å².